The first kappa shape index (κ1) is 25.7. The van der Waals surface area contributed by atoms with Crippen LogP contribution in [0.1, 0.15) is 35.8 Å². The first-order chi connectivity index (χ1) is 18.4. The number of methoxy groups -OCH3 is 2. The predicted molar refractivity (Wildman–Crippen MR) is 148 cm³/mol. The van der Waals surface area contributed by atoms with E-state index in [-0.39, 0.29) is 17.6 Å². The van der Waals surface area contributed by atoms with Gasteiger partial charge in [0.15, 0.2) is 5.78 Å². The monoisotopic (exact) mass is 574 g/mol. The number of aromatic nitrogens is 1. The molecule has 0 bridgehead atoms. The van der Waals surface area contributed by atoms with Gasteiger partial charge in [0.1, 0.15) is 23.6 Å². The number of halogens is 1. The Kier molecular flexibility index (Phi) is 7.33. The lowest BCUT2D eigenvalue weighted by molar-refractivity contribution is -0.361. The van der Waals surface area contributed by atoms with E-state index in [1.165, 1.54) is 0 Å². The van der Waals surface area contributed by atoms with Crippen molar-refractivity contribution in [3.63, 3.8) is 0 Å². The van der Waals surface area contributed by atoms with Crippen LogP contribution >= 0.6 is 15.9 Å². The molecule has 1 aliphatic carbocycles. The number of H-pyrrole nitrogens is 1. The van der Waals surface area contributed by atoms with Gasteiger partial charge in [-0.3, -0.25) is 4.79 Å². The molecule has 3 unspecified atom stereocenters. The third-order valence-corrected chi connectivity index (χ3v) is 7.69. The zero-order valence-corrected chi connectivity index (χ0v) is 22.8. The van der Waals surface area contributed by atoms with Gasteiger partial charge in [-0.1, -0.05) is 43.0 Å². The van der Waals surface area contributed by atoms with Crippen LogP contribution in [-0.4, -0.2) is 25.9 Å². The largest absolute Gasteiger partial charge is 0.497 e. The molecule has 2 aromatic carbocycles. The van der Waals surface area contributed by atoms with E-state index in [9.17, 15) is 9.59 Å². The van der Waals surface area contributed by atoms with Crippen molar-refractivity contribution in [2.24, 2.45) is 5.92 Å². The van der Waals surface area contributed by atoms with Crippen LogP contribution in [0.2, 0.25) is 0 Å². The molecule has 0 spiro atoms. The highest BCUT2D eigenvalue weighted by Crippen LogP contribution is 2.49. The molecule has 2 heterocycles. The second-order valence-electron chi connectivity index (χ2n) is 9.45. The molecule has 1 aromatic heterocycles. The summed E-state index contributed by atoms with van der Waals surface area (Å²) in [5, 5.41) is 6.31. The molecule has 5 rings (SSSR count). The van der Waals surface area contributed by atoms with Crippen LogP contribution in [0.3, 0.4) is 0 Å². The molecule has 3 N–H and O–H groups in total. The Morgan fingerprint density at radius 3 is 2.55 bits per heavy atom. The van der Waals surface area contributed by atoms with Crippen molar-refractivity contribution in [2.45, 2.75) is 24.7 Å². The maximum absolute atomic E-state index is 13.9. The summed E-state index contributed by atoms with van der Waals surface area (Å²) in [4.78, 5) is 30.7. The predicted octanol–water partition coefficient (Wildman–Crippen LogP) is 5.14. The van der Waals surface area contributed by atoms with E-state index < -0.39 is 11.8 Å². The zero-order valence-electron chi connectivity index (χ0n) is 21.2. The van der Waals surface area contributed by atoms with Gasteiger partial charge in [-0.25, -0.2) is 15.1 Å². The van der Waals surface area contributed by atoms with E-state index in [0.717, 1.165) is 21.3 Å². The maximum atomic E-state index is 13.9. The fourth-order valence-corrected chi connectivity index (χ4v) is 5.67. The number of hydrogen-bond donors (Lipinski definition) is 2. The van der Waals surface area contributed by atoms with E-state index >= 15 is 0 Å². The van der Waals surface area contributed by atoms with Crippen molar-refractivity contribution in [3.8, 4) is 11.5 Å². The van der Waals surface area contributed by atoms with Crippen LogP contribution in [0, 0.1) is 5.92 Å². The summed E-state index contributed by atoms with van der Waals surface area (Å²) in [5.74, 6) is 0.127. The van der Waals surface area contributed by atoms with Crippen LogP contribution in [-0.2, 0) is 9.59 Å². The molecular formula is C30H29BrN3O4+. The van der Waals surface area contributed by atoms with Gasteiger partial charge in [0.05, 0.1) is 18.7 Å². The van der Waals surface area contributed by atoms with Gasteiger partial charge in [0, 0.05) is 47.0 Å². The number of carbonyl (C=O) groups excluding carboxylic acids is 2. The summed E-state index contributed by atoms with van der Waals surface area (Å²) < 4.78 is 12.0. The second-order valence-corrected chi connectivity index (χ2v) is 10.4. The minimum Gasteiger partial charge on any atom is -0.497 e. The Labute approximate surface area is 230 Å². The van der Waals surface area contributed by atoms with Gasteiger partial charge in [-0.15, -0.1) is 0 Å². The van der Waals surface area contributed by atoms with Crippen molar-refractivity contribution in [1.82, 2.24) is 5.32 Å². The number of amides is 1. The van der Waals surface area contributed by atoms with E-state index in [1.54, 1.807) is 32.5 Å². The summed E-state index contributed by atoms with van der Waals surface area (Å²) in [5.41, 5.74) is 3.79. The fourth-order valence-electron chi connectivity index (χ4n) is 5.42. The van der Waals surface area contributed by atoms with Gasteiger partial charge in [-0.05, 0) is 46.0 Å². The highest BCUT2D eigenvalue weighted by molar-refractivity contribution is 9.10. The van der Waals surface area contributed by atoms with Crippen LogP contribution < -0.4 is 25.1 Å². The molecule has 1 amide bonds. The molecule has 194 valence electrons. The second kappa shape index (κ2) is 10.8. The number of ketones is 1. The quantitative estimate of drug-likeness (QED) is 0.425. The first-order valence-electron chi connectivity index (χ1n) is 12.4. The standard InChI is InChI=1S/C30H28BrN3O4/c1-17-27(30(36)34-26-12-9-20(31)16-32-26)28(22-11-10-21(37-2)15-25(22)38-3)29-23(33-17)13-19(14-24(29)35)18-7-5-4-6-8-18/h4-12,15-16,19,27-28,33H,1,13-14H2,2-3H3,(H,32,34,36)/p+1. The molecule has 0 saturated carbocycles. The Hall–Kier alpha value is -3.91. The average molecular weight is 575 g/mol. The molecule has 1 aliphatic heterocycles. The molecule has 0 radical (unpaired) electrons. The van der Waals surface area contributed by atoms with Crippen LogP contribution in [0.25, 0.3) is 0 Å². The normalized spacial score (nSPS) is 20.9. The van der Waals surface area contributed by atoms with E-state index in [1.807, 2.05) is 36.4 Å². The number of anilines is 1. The third kappa shape index (κ3) is 4.96. The molecule has 0 saturated heterocycles. The molecule has 0 fully saturated rings. The first-order valence-corrected chi connectivity index (χ1v) is 13.2. The molecule has 7 nitrogen and oxygen atoms in total. The topological polar surface area (TPSA) is 90.8 Å². The Bertz CT molecular complexity index is 1420. The number of rotatable bonds is 6. The van der Waals surface area contributed by atoms with Crippen LogP contribution in [0.15, 0.2) is 94.9 Å². The van der Waals surface area contributed by atoms with Crippen molar-refractivity contribution in [3.05, 3.63) is 106 Å². The van der Waals surface area contributed by atoms with Gasteiger partial charge < -0.3 is 14.8 Å². The number of nitrogens with one attached hydrogen (secondary N) is 3. The van der Waals surface area contributed by atoms with Crippen molar-refractivity contribution in [2.75, 3.05) is 19.5 Å². The van der Waals surface area contributed by atoms with Crippen molar-refractivity contribution < 1.29 is 24.0 Å². The van der Waals surface area contributed by atoms with Gasteiger partial charge in [0.25, 0.3) is 5.82 Å². The Morgan fingerprint density at radius 2 is 1.87 bits per heavy atom. The summed E-state index contributed by atoms with van der Waals surface area (Å²) in [7, 11) is 3.16. The SMILES string of the molecule is C=C1NC2=C(C(=O)CC(c3ccccc3)C2)C(c2ccc(OC)cc2OC)C1C(=O)Nc1ccc(Br)c[nH+]1. The number of allylic oxidation sites excluding steroid dienone is 2. The Balaban J connectivity index is 1.60. The number of Topliss-reactive ketones (excluding diaryl/α,β-unsaturated/α-hetero) is 1. The summed E-state index contributed by atoms with van der Waals surface area (Å²) in [6.45, 7) is 4.25. The van der Waals surface area contributed by atoms with Gasteiger partial charge in [-0.2, -0.15) is 0 Å². The lowest BCUT2D eigenvalue weighted by Crippen LogP contribution is -2.43. The molecule has 8 heteroatoms. The molecule has 2 aliphatic rings. The molecular weight excluding hydrogens is 546 g/mol. The molecule has 38 heavy (non-hydrogen) atoms. The number of ether oxygens (including phenoxy) is 2. The Morgan fingerprint density at radius 1 is 1.08 bits per heavy atom. The highest BCUT2D eigenvalue weighted by Gasteiger charge is 2.47. The fraction of sp³-hybridized carbons (Fsp3) is 0.233. The number of hydrogen-bond acceptors (Lipinski definition) is 5. The summed E-state index contributed by atoms with van der Waals surface area (Å²) in [6, 6.07) is 19.1. The average Bonchev–Trinajstić information content (AvgIpc) is 2.93. The van der Waals surface area contributed by atoms with Crippen molar-refractivity contribution >= 4 is 33.4 Å². The van der Waals surface area contributed by atoms with Crippen LogP contribution in [0.5, 0.6) is 11.5 Å². The lowest BCUT2D eigenvalue weighted by atomic mass is 9.68. The highest BCUT2D eigenvalue weighted by atomic mass is 79.9. The molecule has 3 aromatic rings. The smallest absolute Gasteiger partial charge is 0.317 e. The number of aromatic amines is 1. The van der Waals surface area contributed by atoms with Gasteiger partial charge in [0.2, 0.25) is 0 Å². The zero-order chi connectivity index (χ0) is 26.8. The lowest BCUT2D eigenvalue weighted by Gasteiger charge is -2.40. The van der Waals surface area contributed by atoms with Crippen LogP contribution in [0.4, 0.5) is 5.82 Å². The summed E-state index contributed by atoms with van der Waals surface area (Å²) >= 11 is 3.40. The van der Waals surface area contributed by atoms with E-state index in [4.69, 9.17) is 9.47 Å². The number of carbonyl (C=O) groups is 2. The summed E-state index contributed by atoms with van der Waals surface area (Å²) in [6.07, 6.45) is 2.75. The number of pyridine rings is 1. The van der Waals surface area contributed by atoms with E-state index in [2.05, 4.69) is 50.3 Å². The van der Waals surface area contributed by atoms with Gasteiger partial charge >= 0.3 is 5.91 Å². The maximum Gasteiger partial charge on any atom is 0.317 e. The van der Waals surface area contributed by atoms with Crippen molar-refractivity contribution in [1.29, 1.82) is 0 Å². The minimum absolute atomic E-state index is 0.0102. The van der Waals surface area contributed by atoms with E-state index in [0.29, 0.717) is 41.4 Å². The third-order valence-electron chi connectivity index (χ3n) is 7.20. The molecule has 3 atom stereocenters. The minimum atomic E-state index is -0.759. The number of benzene rings is 2.